The van der Waals surface area contributed by atoms with Gasteiger partial charge in [0.25, 0.3) is 0 Å². The molecule has 0 saturated carbocycles. The standard InChI is InChI=1S/C16H21NO4S/c1-4-20-13-9-11-8-12(6-7-16(18)17(3)19)22-15(11)10-14(13)21-5-2/h8-10,19H,4-7H2,1-3H3. The number of benzene rings is 1. The first-order chi connectivity index (χ1) is 10.5. The third kappa shape index (κ3) is 3.90. The van der Waals surface area contributed by atoms with Crippen molar-refractivity contribution in [2.24, 2.45) is 0 Å². The molecule has 5 nitrogen and oxygen atoms in total. The highest BCUT2D eigenvalue weighted by Gasteiger charge is 2.12. The SMILES string of the molecule is CCOc1cc2cc(CCC(=O)N(C)O)sc2cc1OCC. The van der Waals surface area contributed by atoms with Crippen molar-refractivity contribution in [1.29, 1.82) is 0 Å². The average molecular weight is 323 g/mol. The summed E-state index contributed by atoms with van der Waals surface area (Å²) in [5.41, 5.74) is 0. The number of ether oxygens (including phenoxy) is 2. The molecule has 1 amide bonds. The quantitative estimate of drug-likeness (QED) is 0.626. The van der Waals surface area contributed by atoms with Crippen LogP contribution in [0, 0.1) is 0 Å². The van der Waals surface area contributed by atoms with Gasteiger partial charge in [-0.25, -0.2) is 5.06 Å². The van der Waals surface area contributed by atoms with Gasteiger partial charge in [0.05, 0.1) is 13.2 Å². The maximum absolute atomic E-state index is 11.5. The monoisotopic (exact) mass is 323 g/mol. The third-order valence-corrected chi connectivity index (χ3v) is 4.34. The number of carbonyl (C=O) groups excluding carboxylic acids is 1. The van der Waals surface area contributed by atoms with Crippen molar-refractivity contribution < 1.29 is 19.5 Å². The summed E-state index contributed by atoms with van der Waals surface area (Å²) in [6, 6.07) is 6.02. The molecule has 0 aliphatic carbocycles. The summed E-state index contributed by atoms with van der Waals surface area (Å²) >= 11 is 1.63. The van der Waals surface area contributed by atoms with Crippen LogP contribution < -0.4 is 9.47 Å². The van der Waals surface area contributed by atoms with E-state index in [1.807, 2.05) is 26.0 Å². The van der Waals surface area contributed by atoms with Crippen LogP contribution in [0.15, 0.2) is 18.2 Å². The lowest BCUT2D eigenvalue weighted by Gasteiger charge is -2.10. The van der Waals surface area contributed by atoms with Crippen LogP contribution in [0.3, 0.4) is 0 Å². The predicted octanol–water partition coefficient (Wildman–Crippen LogP) is 3.48. The van der Waals surface area contributed by atoms with Crippen LogP contribution in [0.1, 0.15) is 25.1 Å². The first-order valence-electron chi connectivity index (χ1n) is 7.32. The summed E-state index contributed by atoms with van der Waals surface area (Å²) in [4.78, 5) is 12.5. The van der Waals surface area contributed by atoms with E-state index < -0.39 is 0 Å². The van der Waals surface area contributed by atoms with E-state index in [1.165, 1.54) is 7.05 Å². The van der Waals surface area contributed by atoms with Crippen LogP contribution in [-0.4, -0.2) is 36.4 Å². The fourth-order valence-electron chi connectivity index (χ4n) is 2.15. The second-order valence-corrected chi connectivity index (χ2v) is 6.00. The third-order valence-electron chi connectivity index (χ3n) is 3.18. The normalized spacial score (nSPS) is 10.7. The van der Waals surface area contributed by atoms with E-state index in [4.69, 9.17) is 14.7 Å². The second-order valence-electron chi connectivity index (χ2n) is 4.83. The van der Waals surface area contributed by atoms with E-state index in [1.54, 1.807) is 11.3 Å². The van der Waals surface area contributed by atoms with Crippen molar-refractivity contribution in [3.05, 3.63) is 23.1 Å². The number of amides is 1. The minimum atomic E-state index is -0.289. The molecule has 2 rings (SSSR count). The second kappa shape index (κ2) is 7.47. The largest absolute Gasteiger partial charge is 0.490 e. The fraction of sp³-hybridized carbons (Fsp3) is 0.438. The number of hydroxylamine groups is 2. The Kier molecular flexibility index (Phi) is 5.63. The van der Waals surface area contributed by atoms with Crippen LogP contribution >= 0.6 is 11.3 Å². The molecule has 22 heavy (non-hydrogen) atoms. The van der Waals surface area contributed by atoms with Crippen LogP contribution in [0.5, 0.6) is 11.5 Å². The van der Waals surface area contributed by atoms with Crippen LogP contribution in [-0.2, 0) is 11.2 Å². The molecular weight excluding hydrogens is 302 g/mol. The summed E-state index contributed by atoms with van der Waals surface area (Å²) in [6.07, 6.45) is 0.896. The molecule has 1 aromatic heterocycles. The minimum Gasteiger partial charge on any atom is -0.490 e. The lowest BCUT2D eigenvalue weighted by molar-refractivity contribution is -0.159. The zero-order valence-corrected chi connectivity index (χ0v) is 13.9. The Balaban J connectivity index is 2.23. The first-order valence-corrected chi connectivity index (χ1v) is 8.14. The van der Waals surface area contributed by atoms with Crippen LogP contribution in [0.25, 0.3) is 10.1 Å². The molecule has 0 atom stereocenters. The van der Waals surface area contributed by atoms with E-state index >= 15 is 0 Å². The Bertz CT molecular complexity index is 608. The maximum Gasteiger partial charge on any atom is 0.246 e. The van der Waals surface area contributed by atoms with Gasteiger partial charge in [-0.05, 0) is 37.8 Å². The number of rotatable bonds is 7. The molecule has 1 aromatic carbocycles. The zero-order chi connectivity index (χ0) is 16.1. The Labute approximate surface area is 134 Å². The Morgan fingerprint density at radius 1 is 1.18 bits per heavy atom. The predicted molar refractivity (Wildman–Crippen MR) is 87.0 cm³/mol. The molecule has 1 heterocycles. The highest BCUT2D eigenvalue weighted by atomic mass is 32.1. The molecule has 0 saturated heterocycles. The molecule has 2 aromatic rings. The van der Waals surface area contributed by atoms with Gasteiger partial charge in [0, 0.05) is 29.1 Å². The van der Waals surface area contributed by atoms with Gasteiger partial charge in [-0.3, -0.25) is 10.0 Å². The van der Waals surface area contributed by atoms with Gasteiger partial charge in [0.2, 0.25) is 5.91 Å². The summed E-state index contributed by atoms with van der Waals surface area (Å²) in [5.74, 6) is 1.20. The lowest BCUT2D eigenvalue weighted by Crippen LogP contribution is -2.22. The van der Waals surface area contributed by atoms with Crippen molar-refractivity contribution >= 4 is 27.3 Å². The first kappa shape index (κ1) is 16.6. The van der Waals surface area contributed by atoms with E-state index in [0.29, 0.717) is 24.7 Å². The summed E-state index contributed by atoms with van der Waals surface area (Å²) in [5, 5.41) is 10.8. The number of thiophene rings is 1. The number of carbonyl (C=O) groups is 1. The number of aryl methyl sites for hydroxylation is 1. The number of nitrogens with zero attached hydrogens (tertiary/aromatic N) is 1. The van der Waals surface area contributed by atoms with Gasteiger partial charge in [-0.2, -0.15) is 0 Å². The van der Waals surface area contributed by atoms with Gasteiger partial charge in [0.15, 0.2) is 11.5 Å². The number of hydrogen-bond donors (Lipinski definition) is 1. The Hall–Kier alpha value is -1.79. The smallest absolute Gasteiger partial charge is 0.246 e. The molecule has 0 aliphatic heterocycles. The van der Waals surface area contributed by atoms with Crippen molar-refractivity contribution in [2.45, 2.75) is 26.7 Å². The summed E-state index contributed by atoms with van der Waals surface area (Å²) in [6.45, 7) is 5.05. The lowest BCUT2D eigenvalue weighted by atomic mass is 10.2. The van der Waals surface area contributed by atoms with Crippen molar-refractivity contribution in [1.82, 2.24) is 5.06 Å². The Morgan fingerprint density at radius 3 is 2.41 bits per heavy atom. The summed E-state index contributed by atoms with van der Waals surface area (Å²) < 4.78 is 12.4. The highest BCUT2D eigenvalue weighted by Crippen LogP contribution is 2.37. The van der Waals surface area contributed by atoms with E-state index in [0.717, 1.165) is 26.5 Å². The molecule has 0 aliphatic rings. The van der Waals surface area contributed by atoms with Crippen molar-refractivity contribution in [3.63, 3.8) is 0 Å². The molecule has 0 unspecified atom stereocenters. The molecule has 0 fully saturated rings. The maximum atomic E-state index is 11.5. The Morgan fingerprint density at radius 2 is 1.82 bits per heavy atom. The molecule has 1 N–H and O–H groups in total. The van der Waals surface area contributed by atoms with E-state index in [-0.39, 0.29) is 12.3 Å². The van der Waals surface area contributed by atoms with E-state index in [2.05, 4.69) is 6.07 Å². The van der Waals surface area contributed by atoms with Gasteiger partial charge in [-0.15, -0.1) is 11.3 Å². The number of fused-ring (bicyclic) bond motifs is 1. The van der Waals surface area contributed by atoms with Crippen molar-refractivity contribution in [3.8, 4) is 11.5 Å². The fourth-order valence-corrected chi connectivity index (χ4v) is 3.23. The van der Waals surface area contributed by atoms with Crippen LogP contribution in [0.2, 0.25) is 0 Å². The minimum absolute atomic E-state index is 0.288. The van der Waals surface area contributed by atoms with Gasteiger partial charge in [0.1, 0.15) is 0 Å². The van der Waals surface area contributed by atoms with Crippen molar-refractivity contribution in [2.75, 3.05) is 20.3 Å². The topological polar surface area (TPSA) is 59.0 Å². The highest BCUT2D eigenvalue weighted by molar-refractivity contribution is 7.19. The molecule has 0 spiro atoms. The zero-order valence-electron chi connectivity index (χ0n) is 13.1. The molecule has 0 radical (unpaired) electrons. The molecule has 6 heteroatoms. The van der Waals surface area contributed by atoms with Crippen LogP contribution in [0.4, 0.5) is 0 Å². The molecular formula is C16H21NO4S. The van der Waals surface area contributed by atoms with Gasteiger partial charge >= 0.3 is 0 Å². The van der Waals surface area contributed by atoms with Gasteiger partial charge < -0.3 is 9.47 Å². The summed E-state index contributed by atoms with van der Waals surface area (Å²) in [7, 11) is 1.34. The average Bonchev–Trinajstić information content (AvgIpc) is 2.87. The molecule has 0 bridgehead atoms. The van der Waals surface area contributed by atoms with Gasteiger partial charge in [-0.1, -0.05) is 0 Å². The number of hydrogen-bond acceptors (Lipinski definition) is 5. The molecule has 120 valence electrons. The van der Waals surface area contributed by atoms with E-state index in [9.17, 15) is 4.79 Å².